The lowest BCUT2D eigenvalue weighted by atomic mass is 10.1. The van der Waals surface area contributed by atoms with Crippen molar-refractivity contribution in [3.8, 4) is 11.4 Å². The molecule has 0 aliphatic carbocycles. The maximum Gasteiger partial charge on any atom is 0.167 e. The van der Waals surface area contributed by atoms with E-state index in [1.165, 1.54) is 6.07 Å². The second-order valence-electron chi connectivity index (χ2n) is 6.16. The molecule has 0 N–H and O–H groups in total. The van der Waals surface area contributed by atoms with Crippen LogP contribution in [0.4, 0.5) is 4.39 Å². The number of halogens is 1. The molecule has 2 aromatic heterocycles. The highest BCUT2D eigenvalue weighted by Crippen LogP contribution is 2.28. The SMILES string of the molecule is CC(c1ccccc1F)N1CCn2c(nnc2-c2cnn(C)c2)C1. The summed E-state index contributed by atoms with van der Waals surface area (Å²) in [6.07, 6.45) is 3.73. The monoisotopic (exact) mass is 326 g/mol. The average Bonchev–Trinajstić information content (AvgIpc) is 3.20. The van der Waals surface area contributed by atoms with Crippen molar-refractivity contribution in [2.24, 2.45) is 7.05 Å². The molecular weight excluding hydrogens is 307 g/mol. The van der Waals surface area contributed by atoms with Gasteiger partial charge in [0, 0.05) is 37.9 Å². The maximum atomic E-state index is 14.0. The zero-order chi connectivity index (χ0) is 16.7. The summed E-state index contributed by atoms with van der Waals surface area (Å²) in [5.41, 5.74) is 1.69. The molecule has 0 radical (unpaired) electrons. The third kappa shape index (κ3) is 2.50. The van der Waals surface area contributed by atoms with Crippen LogP contribution in [-0.4, -0.2) is 36.0 Å². The van der Waals surface area contributed by atoms with Crippen molar-refractivity contribution in [2.75, 3.05) is 6.54 Å². The first-order chi connectivity index (χ1) is 11.6. The minimum absolute atomic E-state index is 0.00140. The van der Waals surface area contributed by atoms with Gasteiger partial charge in [0.1, 0.15) is 11.6 Å². The molecule has 0 bridgehead atoms. The number of hydrogen-bond donors (Lipinski definition) is 0. The van der Waals surface area contributed by atoms with E-state index in [1.807, 2.05) is 32.3 Å². The first kappa shape index (κ1) is 15.0. The quantitative estimate of drug-likeness (QED) is 0.742. The number of aryl methyl sites for hydroxylation is 1. The third-order valence-electron chi connectivity index (χ3n) is 4.65. The molecule has 1 unspecified atom stereocenters. The summed E-state index contributed by atoms with van der Waals surface area (Å²) in [5, 5.41) is 12.9. The van der Waals surface area contributed by atoms with Gasteiger partial charge in [-0.3, -0.25) is 9.58 Å². The molecule has 0 fully saturated rings. The van der Waals surface area contributed by atoms with Crippen LogP contribution in [0.5, 0.6) is 0 Å². The Hall–Kier alpha value is -2.54. The molecule has 1 aliphatic heterocycles. The lowest BCUT2D eigenvalue weighted by Gasteiger charge is -2.33. The number of aromatic nitrogens is 5. The Morgan fingerprint density at radius 3 is 2.75 bits per heavy atom. The van der Waals surface area contributed by atoms with Gasteiger partial charge in [-0.05, 0) is 13.0 Å². The summed E-state index contributed by atoms with van der Waals surface area (Å²) in [6.45, 7) is 4.30. The fraction of sp³-hybridized carbons (Fsp3) is 0.353. The molecule has 0 spiro atoms. The molecule has 1 atom stereocenters. The molecule has 6 nitrogen and oxygen atoms in total. The Morgan fingerprint density at radius 2 is 2.00 bits per heavy atom. The molecule has 1 aliphatic rings. The highest BCUT2D eigenvalue weighted by molar-refractivity contribution is 5.52. The van der Waals surface area contributed by atoms with Crippen LogP contribution in [0.2, 0.25) is 0 Å². The van der Waals surface area contributed by atoms with Gasteiger partial charge in [0.2, 0.25) is 0 Å². The van der Waals surface area contributed by atoms with Gasteiger partial charge in [0.25, 0.3) is 0 Å². The number of benzene rings is 1. The second-order valence-corrected chi connectivity index (χ2v) is 6.16. The fourth-order valence-electron chi connectivity index (χ4n) is 3.27. The van der Waals surface area contributed by atoms with Gasteiger partial charge in [0.05, 0.1) is 18.3 Å². The van der Waals surface area contributed by atoms with Crippen LogP contribution in [0.3, 0.4) is 0 Å². The van der Waals surface area contributed by atoms with Gasteiger partial charge in [0.15, 0.2) is 5.82 Å². The maximum absolute atomic E-state index is 14.0. The molecule has 0 amide bonds. The average molecular weight is 326 g/mol. The molecule has 124 valence electrons. The highest BCUT2D eigenvalue weighted by atomic mass is 19.1. The van der Waals surface area contributed by atoms with Gasteiger partial charge in [-0.1, -0.05) is 18.2 Å². The first-order valence-electron chi connectivity index (χ1n) is 8.03. The number of nitrogens with zero attached hydrogens (tertiary/aromatic N) is 6. The van der Waals surface area contributed by atoms with E-state index in [0.717, 1.165) is 35.9 Å². The predicted octanol–water partition coefficient (Wildman–Crippen LogP) is 2.39. The zero-order valence-corrected chi connectivity index (χ0v) is 13.7. The van der Waals surface area contributed by atoms with Crippen LogP contribution in [0.25, 0.3) is 11.4 Å². The normalized spacial score (nSPS) is 16.1. The number of fused-ring (bicyclic) bond motifs is 1. The lowest BCUT2D eigenvalue weighted by molar-refractivity contribution is 0.161. The molecule has 4 rings (SSSR count). The number of hydrogen-bond acceptors (Lipinski definition) is 4. The van der Waals surface area contributed by atoms with E-state index in [9.17, 15) is 4.39 Å². The Labute approximate surface area is 139 Å². The molecule has 1 aromatic carbocycles. The van der Waals surface area contributed by atoms with Crippen LogP contribution in [0, 0.1) is 5.82 Å². The summed E-state index contributed by atoms with van der Waals surface area (Å²) in [7, 11) is 1.88. The smallest absolute Gasteiger partial charge is 0.167 e. The van der Waals surface area contributed by atoms with E-state index in [-0.39, 0.29) is 11.9 Å². The summed E-state index contributed by atoms with van der Waals surface area (Å²) in [5.74, 6) is 1.59. The summed E-state index contributed by atoms with van der Waals surface area (Å²) in [4.78, 5) is 2.23. The standard InChI is InChI=1S/C17H19FN6/c1-12(14-5-3-4-6-15(14)18)23-7-8-24-16(11-23)20-21-17(24)13-9-19-22(2)10-13/h3-6,9-10,12H,7-8,11H2,1-2H3. The summed E-state index contributed by atoms with van der Waals surface area (Å²) >= 11 is 0. The van der Waals surface area contributed by atoms with E-state index in [4.69, 9.17) is 0 Å². The van der Waals surface area contributed by atoms with Crippen molar-refractivity contribution in [2.45, 2.75) is 26.1 Å². The molecule has 0 saturated heterocycles. The molecular formula is C17H19FN6. The van der Waals surface area contributed by atoms with E-state index in [1.54, 1.807) is 16.9 Å². The van der Waals surface area contributed by atoms with Crippen molar-refractivity contribution in [1.29, 1.82) is 0 Å². The topological polar surface area (TPSA) is 51.8 Å². The van der Waals surface area contributed by atoms with Crippen LogP contribution in [-0.2, 0) is 20.1 Å². The second kappa shape index (κ2) is 5.83. The van der Waals surface area contributed by atoms with Crippen LogP contribution < -0.4 is 0 Å². The van der Waals surface area contributed by atoms with E-state index in [2.05, 4.69) is 24.8 Å². The lowest BCUT2D eigenvalue weighted by Crippen LogP contribution is -2.36. The van der Waals surface area contributed by atoms with Crippen LogP contribution in [0.1, 0.15) is 24.4 Å². The summed E-state index contributed by atoms with van der Waals surface area (Å²) < 4.78 is 17.9. The Balaban J connectivity index is 1.59. The Morgan fingerprint density at radius 1 is 1.17 bits per heavy atom. The van der Waals surface area contributed by atoms with E-state index < -0.39 is 0 Å². The van der Waals surface area contributed by atoms with Crippen molar-refractivity contribution < 1.29 is 4.39 Å². The Kier molecular flexibility index (Phi) is 3.65. The van der Waals surface area contributed by atoms with Crippen molar-refractivity contribution >= 4 is 0 Å². The minimum Gasteiger partial charge on any atom is -0.309 e. The predicted molar refractivity (Wildman–Crippen MR) is 87.4 cm³/mol. The van der Waals surface area contributed by atoms with Gasteiger partial charge >= 0.3 is 0 Å². The molecule has 7 heteroatoms. The van der Waals surface area contributed by atoms with Gasteiger partial charge in [-0.25, -0.2) is 4.39 Å². The van der Waals surface area contributed by atoms with E-state index >= 15 is 0 Å². The van der Waals surface area contributed by atoms with Crippen molar-refractivity contribution in [1.82, 2.24) is 29.4 Å². The van der Waals surface area contributed by atoms with Crippen molar-refractivity contribution in [3.63, 3.8) is 0 Å². The largest absolute Gasteiger partial charge is 0.309 e. The summed E-state index contributed by atoms with van der Waals surface area (Å²) in [6, 6.07) is 6.96. The van der Waals surface area contributed by atoms with Gasteiger partial charge in [-0.15, -0.1) is 10.2 Å². The van der Waals surface area contributed by atoms with E-state index in [0.29, 0.717) is 6.54 Å². The molecule has 24 heavy (non-hydrogen) atoms. The molecule has 0 saturated carbocycles. The fourth-order valence-corrected chi connectivity index (χ4v) is 3.27. The first-order valence-corrected chi connectivity index (χ1v) is 8.03. The zero-order valence-electron chi connectivity index (χ0n) is 13.7. The van der Waals surface area contributed by atoms with Gasteiger partial charge < -0.3 is 4.57 Å². The van der Waals surface area contributed by atoms with Crippen LogP contribution >= 0.6 is 0 Å². The van der Waals surface area contributed by atoms with Gasteiger partial charge in [-0.2, -0.15) is 5.10 Å². The number of rotatable bonds is 3. The van der Waals surface area contributed by atoms with Crippen LogP contribution in [0.15, 0.2) is 36.7 Å². The third-order valence-corrected chi connectivity index (χ3v) is 4.65. The highest BCUT2D eigenvalue weighted by Gasteiger charge is 2.26. The molecule has 3 aromatic rings. The Bertz CT molecular complexity index is 868. The minimum atomic E-state index is -0.159. The molecule has 3 heterocycles. The van der Waals surface area contributed by atoms with Crippen molar-refractivity contribution in [3.05, 3.63) is 53.9 Å².